The van der Waals surface area contributed by atoms with Gasteiger partial charge in [0.25, 0.3) is 0 Å². The third-order valence-electron chi connectivity index (χ3n) is 2.94. The standard InChI is InChI=1S/C15H11N3O2/c19-15(20)12-8-6-11(7-9-12)14-10-18(17-16-14)13-4-2-1-3-5-13/h1-10H,(H,19,20). The molecular formula is C15H11N3O2. The highest BCUT2D eigenvalue weighted by molar-refractivity contribution is 5.88. The van der Waals surface area contributed by atoms with Crippen molar-refractivity contribution in [2.75, 3.05) is 0 Å². The van der Waals surface area contributed by atoms with Crippen molar-refractivity contribution in [1.82, 2.24) is 15.0 Å². The SMILES string of the molecule is O=C(O)c1ccc(-c2cn(-c3ccccc3)nn2)cc1. The molecule has 0 radical (unpaired) electrons. The second-order valence-corrected chi connectivity index (χ2v) is 4.27. The van der Waals surface area contributed by atoms with Crippen molar-refractivity contribution in [1.29, 1.82) is 0 Å². The Morgan fingerprint density at radius 1 is 1.00 bits per heavy atom. The quantitative estimate of drug-likeness (QED) is 0.790. The number of benzene rings is 2. The molecule has 3 rings (SSSR count). The summed E-state index contributed by atoms with van der Waals surface area (Å²) in [6.07, 6.45) is 1.81. The molecular weight excluding hydrogens is 254 g/mol. The summed E-state index contributed by atoms with van der Waals surface area (Å²) in [7, 11) is 0. The lowest BCUT2D eigenvalue weighted by Crippen LogP contribution is -1.94. The third-order valence-corrected chi connectivity index (χ3v) is 2.94. The maximum absolute atomic E-state index is 10.8. The molecule has 0 atom stereocenters. The maximum Gasteiger partial charge on any atom is 0.335 e. The highest BCUT2D eigenvalue weighted by atomic mass is 16.4. The summed E-state index contributed by atoms with van der Waals surface area (Å²) in [4.78, 5) is 10.8. The normalized spacial score (nSPS) is 10.4. The zero-order valence-electron chi connectivity index (χ0n) is 10.5. The molecule has 3 aromatic rings. The second-order valence-electron chi connectivity index (χ2n) is 4.27. The van der Waals surface area contributed by atoms with Gasteiger partial charge in [0.2, 0.25) is 0 Å². The molecule has 2 aromatic carbocycles. The van der Waals surface area contributed by atoms with Gasteiger partial charge in [-0.05, 0) is 24.3 Å². The van der Waals surface area contributed by atoms with Crippen molar-refractivity contribution in [3.8, 4) is 16.9 Å². The Morgan fingerprint density at radius 3 is 2.35 bits per heavy atom. The van der Waals surface area contributed by atoms with E-state index in [0.29, 0.717) is 5.69 Å². The third kappa shape index (κ3) is 2.29. The number of hydrogen-bond acceptors (Lipinski definition) is 3. The van der Waals surface area contributed by atoms with Crippen LogP contribution in [-0.4, -0.2) is 26.1 Å². The number of hydrogen-bond donors (Lipinski definition) is 1. The first kappa shape index (κ1) is 12.1. The van der Waals surface area contributed by atoms with Crippen LogP contribution in [0.3, 0.4) is 0 Å². The topological polar surface area (TPSA) is 68.0 Å². The average Bonchev–Trinajstić information content (AvgIpc) is 2.98. The minimum Gasteiger partial charge on any atom is -0.478 e. The molecule has 1 aromatic heterocycles. The lowest BCUT2D eigenvalue weighted by Gasteiger charge is -1.98. The molecule has 0 amide bonds. The van der Waals surface area contributed by atoms with Crippen LogP contribution in [0, 0.1) is 0 Å². The fourth-order valence-corrected chi connectivity index (χ4v) is 1.89. The number of aromatic carboxylic acids is 1. The summed E-state index contributed by atoms with van der Waals surface area (Å²) in [5.74, 6) is -0.940. The Morgan fingerprint density at radius 2 is 1.70 bits per heavy atom. The summed E-state index contributed by atoms with van der Waals surface area (Å²) in [5.41, 5.74) is 2.71. The van der Waals surface area contributed by atoms with Gasteiger partial charge in [0.1, 0.15) is 5.69 Å². The van der Waals surface area contributed by atoms with Crippen molar-refractivity contribution in [2.45, 2.75) is 0 Å². The number of carboxylic acid groups (broad SMARTS) is 1. The van der Waals surface area contributed by atoms with Gasteiger partial charge in [0.15, 0.2) is 0 Å². The number of carbonyl (C=O) groups is 1. The zero-order valence-corrected chi connectivity index (χ0v) is 10.5. The maximum atomic E-state index is 10.8. The minimum atomic E-state index is -0.940. The predicted molar refractivity (Wildman–Crippen MR) is 73.8 cm³/mol. The van der Waals surface area contributed by atoms with Gasteiger partial charge >= 0.3 is 5.97 Å². The summed E-state index contributed by atoms with van der Waals surface area (Å²) < 4.78 is 1.68. The van der Waals surface area contributed by atoms with Gasteiger partial charge in [0, 0.05) is 5.56 Å². The predicted octanol–water partition coefficient (Wildman–Crippen LogP) is 2.63. The molecule has 0 spiro atoms. The number of carboxylic acids is 1. The Hall–Kier alpha value is -2.95. The molecule has 0 unspecified atom stereocenters. The van der Waals surface area contributed by atoms with Gasteiger partial charge in [-0.15, -0.1) is 5.10 Å². The molecule has 0 aliphatic carbocycles. The highest BCUT2D eigenvalue weighted by Gasteiger charge is 2.07. The number of rotatable bonds is 3. The molecule has 0 aliphatic rings. The van der Waals surface area contributed by atoms with E-state index in [1.54, 1.807) is 28.9 Å². The van der Waals surface area contributed by atoms with Crippen LogP contribution < -0.4 is 0 Å². The monoisotopic (exact) mass is 265 g/mol. The van der Waals surface area contributed by atoms with Crippen molar-refractivity contribution in [3.05, 3.63) is 66.4 Å². The lowest BCUT2D eigenvalue weighted by atomic mass is 10.1. The van der Waals surface area contributed by atoms with E-state index in [2.05, 4.69) is 10.3 Å². The van der Waals surface area contributed by atoms with Crippen LogP contribution in [0.25, 0.3) is 16.9 Å². The van der Waals surface area contributed by atoms with Crippen LogP contribution >= 0.6 is 0 Å². The van der Waals surface area contributed by atoms with E-state index >= 15 is 0 Å². The molecule has 98 valence electrons. The number of nitrogens with zero attached hydrogens (tertiary/aromatic N) is 3. The van der Waals surface area contributed by atoms with Gasteiger partial charge in [0.05, 0.1) is 17.4 Å². The lowest BCUT2D eigenvalue weighted by molar-refractivity contribution is 0.0697. The number of para-hydroxylation sites is 1. The zero-order chi connectivity index (χ0) is 13.9. The van der Waals surface area contributed by atoms with Crippen molar-refractivity contribution in [3.63, 3.8) is 0 Å². The number of aromatic nitrogens is 3. The Kier molecular flexibility index (Phi) is 3.01. The summed E-state index contributed by atoms with van der Waals surface area (Å²) >= 11 is 0. The fourth-order valence-electron chi connectivity index (χ4n) is 1.89. The Balaban J connectivity index is 1.92. The molecule has 0 bridgehead atoms. The van der Waals surface area contributed by atoms with Crippen LogP contribution in [0.2, 0.25) is 0 Å². The van der Waals surface area contributed by atoms with Crippen LogP contribution in [0.15, 0.2) is 60.8 Å². The first-order valence-corrected chi connectivity index (χ1v) is 6.05. The minimum absolute atomic E-state index is 0.254. The molecule has 0 saturated carbocycles. The Bertz CT molecular complexity index is 733. The van der Waals surface area contributed by atoms with Crippen molar-refractivity contribution >= 4 is 5.97 Å². The molecule has 0 fully saturated rings. The summed E-state index contributed by atoms with van der Waals surface area (Å²) in [6.45, 7) is 0. The van der Waals surface area contributed by atoms with E-state index in [-0.39, 0.29) is 5.56 Å². The van der Waals surface area contributed by atoms with Crippen molar-refractivity contribution < 1.29 is 9.90 Å². The largest absolute Gasteiger partial charge is 0.478 e. The van der Waals surface area contributed by atoms with E-state index in [4.69, 9.17) is 5.11 Å². The fraction of sp³-hybridized carbons (Fsp3) is 0. The van der Waals surface area contributed by atoms with Crippen molar-refractivity contribution in [2.24, 2.45) is 0 Å². The highest BCUT2D eigenvalue weighted by Crippen LogP contribution is 2.18. The second kappa shape index (κ2) is 4.97. The van der Waals surface area contributed by atoms with E-state index in [9.17, 15) is 4.79 Å². The first-order valence-electron chi connectivity index (χ1n) is 6.05. The Labute approximate surface area is 115 Å². The first-order chi connectivity index (χ1) is 9.74. The molecule has 20 heavy (non-hydrogen) atoms. The van der Waals surface area contributed by atoms with Gasteiger partial charge in [-0.3, -0.25) is 0 Å². The molecule has 1 N–H and O–H groups in total. The van der Waals surface area contributed by atoms with Crippen LogP contribution in [0.1, 0.15) is 10.4 Å². The smallest absolute Gasteiger partial charge is 0.335 e. The van der Waals surface area contributed by atoms with Crippen LogP contribution in [0.5, 0.6) is 0 Å². The van der Waals surface area contributed by atoms with E-state index in [1.807, 2.05) is 36.5 Å². The molecule has 0 aliphatic heterocycles. The average molecular weight is 265 g/mol. The van der Waals surface area contributed by atoms with E-state index in [1.165, 1.54) is 0 Å². The van der Waals surface area contributed by atoms with E-state index < -0.39 is 5.97 Å². The van der Waals surface area contributed by atoms with Gasteiger partial charge < -0.3 is 5.11 Å². The summed E-state index contributed by atoms with van der Waals surface area (Å²) in [5, 5.41) is 17.0. The molecule has 5 nitrogen and oxygen atoms in total. The molecule has 1 heterocycles. The van der Waals surface area contributed by atoms with Gasteiger partial charge in [-0.1, -0.05) is 35.5 Å². The summed E-state index contributed by atoms with van der Waals surface area (Å²) in [6, 6.07) is 16.2. The van der Waals surface area contributed by atoms with Crippen LogP contribution in [-0.2, 0) is 0 Å². The van der Waals surface area contributed by atoms with E-state index in [0.717, 1.165) is 11.3 Å². The van der Waals surface area contributed by atoms with Gasteiger partial charge in [-0.2, -0.15) is 0 Å². The van der Waals surface area contributed by atoms with Gasteiger partial charge in [-0.25, -0.2) is 9.48 Å². The molecule has 0 saturated heterocycles. The van der Waals surface area contributed by atoms with Crippen LogP contribution in [0.4, 0.5) is 0 Å². The molecule has 5 heteroatoms.